The molecule has 2 aromatic heterocycles. The van der Waals surface area contributed by atoms with Gasteiger partial charge in [0.15, 0.2) is 0 Å². The zero-order valence-electron chi connectivity index (χ0n) is 35.2. The monoisotopic (exact) mass is 683 g/mol. The second-order valence-corrected chi connectivity index (χ2v) is 13.2. The molecule has 0 fully saturated rings. The van der Waals surface area contributed by atoms with Gasteiger partial charge in [0.25, 0.3) is 0 Å². The van der Waals surface area contributed by atoms with E-state index in [0.717, 1.165) is 49.4 Å². The zero-order valence-corrected chi connectivity index (χ0v) is 28.2. The molecule has 0 aliphatic heterocycles. The van der Waals surface area contributed by atoms with Gasteiger partial charge in [-0.3, -0.25) is 0 Å². The number of hydrogen-bond acceptors (Lipinski definition) is 2. The summed E-state index contributed by atoms with van der Waals surface area (Å²) in [5, 5.41) is 5.74. The third kappa shape index (κ3) is 4.61. The number of fused-ring (bicyclic) bond motifs is 9. The van der Waals surface area contributed by atoms with E-state index in [0.29, 0.717) is 22.5 Å². The van der Waals surface area contributed by atoms with Gasteiger partial charge in [-0.1, -0.05) is 133 Å². The number of furan rings is 1. The Bertz CT molecular complexity index is 3530. The fraction of sp³-hybridized carbons (Fsp3) is 0. The molecule has 0 N–H and O–H groups in total. The van der Waals surface area contributed by atoms with Crippen molar-refractivity contribution >= 4 is 82.4 Å². The molecule has 11 aromatic rings. The summed E-state index contributed by atoms with van der Waals surface area (Å²) in [6.45, 7) is 0. The lowest BCUT2D eigenvalue weighted by atomic mass is 10.0. The van der Waals surface area contributed by atoms with E-state index in [2.05, 4.69) is 71.3 Å². The molecule has 9 aromatic carbocycles. The summed E-state index contributed by atoms with van der Waals surface area (Å²) in [5.41, 5.74) is 7.66. The van der Waals surface area contributed by atoms with Gasteiger partial charge in [0, 0.05) is 38.3 Å². The predicted molar refractivity (Wildman–Crippen MR) is 223 cm³/mol. The van der Waals surface area contributed by atoms with Crippen molar-refractivity contribution in [2.45, 2.75) is 0 Å². The summed E-state index contributed by atoms with van der Waals surface area (Å²) in [4.78, 5) is 1.79. The maximum atomic E-state index is 9.44. The van der Waals surface area contributed by atoms with Crippen molar-refractivity contribution in [3.05, 3.63) is 194 Å². The van der Waals surface area contributed by atoms with Crippen LogP contribution in [0.5, 0.6) is 0 Å². The molecular weight excluding hydrogens is 645 g/mol. The van der Waals surface area contributed by atoms with Gasteiger partial charge >= 0.3 is 0 Å². The number of rotatable bonds is 5. The highest BCUT2D eigenvalue weighted by atomic mass is 16.3. The standard InChI is InChI=1S/C50H32N2O/c1-3-17-39-34(12-1)14-10-23-44(39)51(47-24-11-25-48-49(47)43-31-28-35-13-2-4-18-40(35)50(43)53-48)37-29-26-33(27-30-37)36-15-9-16-38(32-36)52-45-21-7-5-19-41(45)42-20-6-8-22-46(42)52/h1-32H/i1D,3D,10D,12D,14D,17D,23D. The van der Waals surface area contributed by atoms with Crippen molar-refractivity contribution < 1.29 is 14.0 Å². The van der Waals surface area contributed by atoms with Crippen LogP contribution in [0, 0.1) is 0 Å². The molecule has 0 unspecified atom stereocenters. The van der Waals surface area contributed by atoms with Gasteiger partial charge in [0.2, 0.25) is 0 Å². The summed E-state index contributed by atoms with van der Waals surface area (Å²) in [5.74, 6) is 0. The lowest BCUT2D eigenvalue weighted by molar-refractivity contribution is 0.672. The van der Waals surface area contributed by atoms with Crippen LogP contribution in [0.1, 0.15) is 9.60 Å². The molecule has 11 rings (SSSR count). The number of aromatic nitrogens is 1. The van der Waals surface area contributed by atoms with Gasteiger partial charge in [0.1, 0.15) is 11.2 Å². The Labute approximate surface area is 316 Å². The Morgan fingerprint density at radius 2 is 1.19 bits per heavy atom. The number of hydrogen-bond donors (Lipinski definition) is 0. The minimum Gasteiger partial charge on any atom is -0.455 e. The molecule has 0 saturated carbocycles. The third-order valence-electron chi connectivity index (χ3n) is 10.3. The highest BCUT2D eigenvalue weighted by Gasteiger charge is 2.22. The van der Waals surface area contributed by atoms with Crippen LogP contribution in [0.25, 0.3) is 82.1 Å². The fourth-order valence-corrected chi connectivity index (χ4v) is 7.91. The van der Waals surface area contributed by atoms with Gasteiger partial charge in [-0.25, -0.2) is 0 Å². The van der Waals surface area contributed by atoms with Crippen LogP contribution in [0.3, 0.4) is 0 Å². The first-order valence-corrected chi connectivity index (χ1v) is 17.5. The van der Waals surface area contributed by atoms with Crippen molar-refractivity contribution in [3.63, 3.8) is 0 Å². The van der Waals surface area contributed by atoms with Crippen LogP contribution < -0.4 is 4.90 Å². The van der Waals surface area contributed by atoms with Gasteiger partial charge in [-0.15, -0.1) is 0 Å². The van der Waals surface area contributed by atoms with Crippen LogP contribution in [0.4, 0.5) is 17.1 Å². The molecule has 3 heteroatoms. The van der Waals surface area contributed by atoms with E-state index in [9.17, 15) is 1.37 Å². The lowest BCUT2D eigenvalue weighted by Crippen LogP contribution is -2.10. The fourth-order valence-electron chi connectivity index (χ4n) is 7.91. The second-order valence-electron chi connectivity index (χ2n) is 13.2. The van der Waals surface area contributed by atoms with E-state index in [4.69, 9.17) is 12.6 Å². The van der Waals surface area contributed by atoms with E-state index in [1.165, 1.54) is 10.8 Å². The largest absolute Gasteiger partial charge is 0.455 e. The van der Waals surface area contributed by atoms with E-state index < -0.39 is 30.2 Å². The van der Waals surface area contributed by atoms with Crippen molar-refractivity contribution in [1.82, 2.24) is 4.57 Å². The normalized spacial score (nSPS) is 13.6. The van der Waals surface area contributed by atoms with Crippen molar-refractivity contribution in [2.24, 2.45) is 0 Å². The van der Waals surface area contributed by atoms with E-state index in [-0.39, 0.29) is 28.5 Å². The summed E-state index contributed by atoms with van der Waals surface area (Å²) in [6.07, 6.45) is 0. The second kappa shape index (κ2) is 11.7. The zero-order chi connectivity index (χ0) is 41.0. The molecule has 0 amide bonds. The minimum atomic E-state index is -0.502. The summed E-state index contributed by atoms with van der Waals surface area (Å²) >= 11 is 0. The Morgan fingerprint density at radius 3 is 2.02 bits per heavy atom. The van der Waals surface area contributed by atoms with Crippen LogP contribution in [0.2, 0.25) is 0 Å². The Morgan fingerprint density at radius 1 is 0.472 bits per heavy atom. The molecule has 53 heavy (non-hydrogen) atoms. The average Bonchev–Trinajstić information content (AvgIpc) is 3.85. The molecule has 248 valence electrons. The highest BCUT2D eigenvalue weighted by molar-refractivity contribution is 6.20. The van der Waals surface area contributed by atoms with Crippen LogP contribution in [0.15, 0.2) is 198 Å². The van der Waals surface area contributed by atoms with E-state index >= 15 is 0 Å². The Balaban J connectivity index is 1.15. The number of nitrogens with zero attached hydrogens (tertiary/aromatic N) is 2. The molecule has 0 aliphatic rings. The maximum absolute atomic E-state index is 9.44. The average molecular weight is 684 g/mol. The molecular formula is C50H32N2O. The van der Waals surface area contributed by atoms with Gasteiger partial charge < -0.3 is 13.9 Å². The molecule has 0 saturated heterocycles. The summed E-state index contributed by atoms with van der Waals surface area (Å²) in [7, 11) is 0. The quantitative estimate of drug-likeness (QED) is 0.180. The molecule has 0 radical (unpaired) electrons. The van der Waals surface area contributed by atoms with Crippen molar-refractivity contribution in [2.75, 3.05) is 4.90 Å². The third-order valence-corrected chi connectivity index (χ3v) is 10.3. The first-order chi connectivity index (χ1) is 29.2. The maximum Gasteiger partial charge on any atom is 0.143 e. The van der Waals surface area contributed by atoms with Gasteiger partial charge in [-0.05, 0) is 82.5 Å². The SMILES string of the molecule is [2H]c1c([2H])c([2H])c2c(N(c3ccc(-c4cccc(-n5c6ccccc6c6ccccc65)c4)cc3)c3cccc4oc5c6ccccc6ccc5c34)c([2H])c([2H])c([2H])c2c1[2H]. The lowest BCUT2D eigenvalue weighted by Gasteiger charge is -2.27. The van der Waals surface area contributed by atoms with Crippen molar-refractivity contribution in [1.29, 1.82) is 0 Å². The van der Waals surface area contributed by atoms with Crippen LogP contribution >= 0.6 is 0 Å². The molecule has 0 bridgehead atoms. The summed E-state index contributed by atoms with van der Waals surface area (Å²) in [6, 6.07) is 47.7. The minimum absolute atomic E-state index is 0.00907. The van der Waals surface area contributed by atoms with Gasteiger partial charge in [0.05, 0.1) is 37.4 Å². The molecule has 0 atom stereocenters. The molecule has 3 nitrogen and oxygen atoms in total. The number of anilines is 3. The predicted octanol–water partition coefficient (Wildman–Crippen LogP) is 14.1. The van der Waals surface area contributed by atoms with Crippen LogP contribution in [-0.2, 0) is 0 Å². The molecule has 2 heterocycles. The smallest absolute Gasteiger partial charge is 0.143 e. The Kier molecular flexibility index (Phi) is 5.18. The Hall–Kier alpha value is -7.10. The first-order valence-electron chi connectivity index (χ1n) is 21.0. The first kappa shape index (κ1) is 23.4. The summed E-state index contributed by atoms with van der Waals surface area (Å²) < 4.78 is 71.3. The molecule has 0 spiro atoms. The highest BCUT2D eigenvalue weighted by Crippen LogP contribution is 2.46. The topological polar surface area (TPSA) is 21.3 Å². The van der Waals surface area contributed by atoms with E-state index in [1.54, 1.807) is 4.90 Å². The number of benzene rings is 9. The van der Waals surface area contributed by atoms with E-state index in [1.807, 2.05) is 84.9 Å². The van der Waals surface area contributed by atoms with Gasteiger partial charge in [-0.2, -0.15) is 0 Å². The van der Waals surface area contributed by atoms with Crippen LogP contribution in [-0.4, -0.2) is 4.57 Å². The molecule has 0 aliphatic carbocycles. The van der Waals surface area contributed by atoms with Crippen molar-refractivity contribution in [3.8, 4) is 16.8 Å². The number of para-hydroxylation sites is 2.